The molecule has 0 fully saturated rings. The number of hydrogen-bond acceptors (Lipinski definition) is 4. The monoisotopic (exact) mass is 311 g/mol. The number of benzene rings is 1. The Balaban J connectivity index is 2.89. The summed E-state index contributed by atoms with van der Waals surface area (Å²) >= 11 is 0. The maximum atomic E-state index is 13.5. The third kappa shape index (κ3) is 4.22. The van der Waals surface area contributed by atoms with Gasteiger partial charge in [0.25, 0.3) is 0 Å². The highest BCUT2D eigenvalue weighted by Gasteiger charge is 2.43. The fourth-order valence-electron chi connectivity index (χ4n) is 1.38. The largest absolute Gasteiger partial charge is 0.434 e. The van der Waals surface area contributed by atoms with Gasteiger partial charge in [0.15, 0.2) is 11.6 Å². The van der Waals surface area contributed by atoms with Gasteiger partial charge in [0.05, 0.1) is 13.0 Å². The van der Waals surface area contributed by atoms with Crippen LogP contribution >= 0.6 is 0 Å². The van der Waals surface area contributed by atoms with Crippen LogP contribution in [-0.2, 0) is 20.4 Å². The van der Waals surface area contributed by atoms with E-state index < -0.39 is 60.3 Å². The molecule has 0 unspecified atom stereocenters. The van der Waals surface area contributed by atoms with Crippen LogP contribution in [0.25, 0.3) is 0 Å². The first kappa shape index (κ1) is 17.0. The Hall–Kier alpha value is -2.03. The molecule has 0 bridgehead atoms. The van der Waals surface area contributed by atoms with E-state index in [0.29, 0.717) is 6.07 Å². The molecule has 0 aliphatic carbocycles. The number of ketones is 1. The van der Waals surface area contributed by atoms with Gasteiger partial charge in [-0.05, 0) is 12.1 Å². The zero-order valence-electron chi connectivity index (χ0n) is 10.5. The van der Waals surface area contributed by atoms with Crippen molar-refractivity contribution in [1.82, 2.24) is 0 Å². The van der Waals surface area contributed by atoms with Crippen molar-refractivity contribution < 1.29 is 36.3 Å². The summed E-state index contributed by atoms with van der Waals surface area (Å²) in [6.07, 6.45) is -5.91. The van der Waals surface area contributed by atoms with Crippen molar-refractivity contribution in [1.29, 1.82) is 0 Å². The lowest BCUT2D eigenvalue weighted by Gasteiger charge is -2.18. The minimum atomic E-state index is -4.71. The summed E-state index contributed by atoms with van der Waals surface area (Å²) in [5.41, 5.74) is 2.93. The van der Waals surface area contributed by atoms with Gasteiger partial charge in [-0.15, -0.1) is 0 Å². The standard InChI is InChI=1S/C12H10F5NO3/c13-7-2-3-8(14)11(15)10(7)12(16,17)21-9(20)4-1-6(19)5-18/h2-3H,1,4-5,18H2. The summed E-state index contributed by atoms with van der Waals surface area (Å²) in [6.45, 7) is -0.392. The molecule has 1 aromatic carbocycles. The average molecular weight is 311 g/mol. The molecular formula is C12H10F5NO3. The van der Waals surface area contributed by atoms with Gasteiger partial charge in [-0.3, -0.25) is 9.59 Å². The van der Waals surface area contributed by atoms with Crippen molar-refractivity contribution in [2.75, 3.05) is 6.54 Å². The highest BCUT2D eigenvalue weighted by molar-refractivity contribution is 5.84. The van der Waals surface area contributed by atoms with Gasteiger partial charge < -0.3 is 10.5 Å². The number of nitrogens with two attached hydrogens (primary N) is 1. The SMILES string of the molecule is NCC(=O)CCC(=O)OC(F)(F)c1c(F)ccc(F)c1F. The number of carbonyl (C=O) groups is 2. The van der Waals surface area contributed by atoms with Crippen molar-refractivity contribution in [3.05, 3.63) is 35.1 Å². The van der Waals surface area contributed by atoms with Crippen molar-refractivity contribution in [2.45, 2.75) is 19.0 Å². The molecule has 0 heterocycles. The second-order valence-corrected chi connectivity index (χ2v) is 3.95. The van der Waals surface area contributed by atoms with Gasteiger partial charge in [-0.1, -0.05) is 0 Å². The Morgan fingerprint density at radius 3 is 2.24 bits per heavy atom. The van der Waals surface area contributed by atoms with Crippen LogP contribution in [0.4, 0.5) is 22.0 Å². The molecule has 9 heteroatoms. The summed E-state index contributed by atoms with van der Waals surface area (Å²) < 4.78 is 69.9. The van der Waals surface area contributed by atoms with E-state index in [2.05, 4.69) is 4.74 Å². The second-order valence-electron chi connectivity index (χ2n) is 3.95. The molecule has 0 radical (unpaired) electrons. The van der Waals surface area contributed by atoms with Gasteiger partial charge in [0.2, 0.25) is 0 Å². The molecule has 0 saturated heterocycles. The Morgan fingerprint density at radius 2 is 1.67 bits per heavy atom. The van der Waals surface area contributed by atoms with Gasteiger partial charge in [-0.2, -0.15) is 8.78 Å². The predicted molar refractivity (Wildman–Crippen MR) is 59.6 cm³/mol. The van der Waals surface area contributed by atoms with E-state index in [-0.39, 0.29) is 6.07 Å². The Labute approximate surface area is 115 Å². The summed E-state index contributed by atoms with van der Waals surface area (Å²) in [5, 5.41) is 0. The molecule has 4 nitrogen and oxygen atoms in total. The first-order valence-electron chi connectivity index (χ1n) is 5.64. The van der Waals surface area contributed by atoms with E-state index in [1.165, 1.54) is 0 Å². The molecule has 0 saturated carbocycles. The lowest BCUT2D eigenvalue weighted by Crippen LogP contribution is -2.26. The average Bonchev–Trinajstić information content (AvgIpc) is 2.39. The molecule has 1 rings (SSSR count). The van der Waals surface area contributed by atoms with E-state index in [4.69, 9.17) is 5.73 Å². The fourth-order valence-corrected chi connectivity index (χ4v) is 1.38. The highest BCUT2D eigenvalue weighted by Crippen LogP contribution is 2.34. The van der Waals surface area contributed by atoms with E-state index in [1.807, 2.05) is 0 Å². The van der Waals surface area contributed by atoms with E-state index in [0.717, 1.165) is 0 Å². The van der Waals surface area contributed by atoms with Crippen molar-refractivity contribution in [3.63, 3.8) is 0 Å². The topological polar surface area (TPSA) is 69.4 Å². The lowest BCUT2D eigenvalue weighted by molar-refractivity contribution is -0.242. The van der Waals surface area contributed by atoms with Crippen LogP contribution in [0, 0.1) is 17.5 Å². The molecular weight excluding hydrogens is 301 g/mol. The van der Waals surface area contributed by atoms with Gasteiger partial charge in [0.1, 0.15) is 17.2 Å². The number of Topliss-reactive ketones (excluding diaryl/α,β-unsaturated/α-hetero) is 1. The molecule has 0 aromatic heterocycles. The number of ether oxygens (including phenoxy) is 1. The minimum absolute atomic E-state index is 0.271. The summed E-state index contributed by atoms with van der Waals surface area (Å²) in [4.78, 5) is 21.9. The number of alkyl halides is 2. The maximum absolute atomic E-state index is 13.5. The van der Waals surface area contributed by atoms with Crippen LogP contribution in [-0.4, -0.2) is 18.3 Å². The number of rotatable bonds is 6. The molecule has 21 heavy (non-hydrogen) atoms. The van der Waals surface area contributed by atoms with Crippen molar-refractivity contribution in [2.24, 2.45) is 5.73 Å². The van der Waals surface area contributed by atoms with Crippen LogP contribution in [0.3, 0.4) is 0 Å². The van der Waals surface area contributed by atoms with E-state index in [1.54, 1.807) is 0 Å². The maximum Gasteiger partial charge on any atom is 0.434 e. The Bertz CT molecular complexity index is 562. The zero-order chi connectivity index (χ0) is 16.2. The van der Waals surface area contributed by atoms with Crippen LogP contribution in [0.5, 0.6) is 0 Å². The highest BCUT2D eigenvalue weighted by atomic mass is 19.3. The quantitative estimate of drug-likeness (QED) is 0.496. The Morgan fingerprint density at radius 1 is 1.10 bits per heavy atom. The number of esters is 1. The van der Waals surface area contributed by atoms with E-state index in [9.17, 15) is 31.5 Å². The zero-order valence-corrected chi connectivity index (χ0v) is 10.5. The normalized spacial score (nSPS) is 11.3. The molecule has 1 aromatic rings. The molecule has 0 amide bonds. The third-order valence-corrected chi connectivity index (χ3v) is 2.41. The van der Waals surface area contributed by atoms with Gasteiger partial charge >= 0.3 is 12.1 Å². The Kier molecular flexibility index (Phi) is 5.36. The minimum Gasteiger partial charge on any atom is -0.397 e. The first-order valence-corrected chi connectivity index (χ1v) is 5.64. The molecule has 0 aliphatic rings. The number of halogens is 5. The molecule has 0 aliphatic heterocycles. The summed E-state index contributed by atoms with van der Waals surface area (Å²) in [7, 11) is 0. The summed E-state index contributed by atoms with van der Waals surface area (Å²) in [5.74, 6) is -7.82. The predicted octanol–water partition coefficient (Wildman–Crippen LogP) is 2.00. The van der Waals surface area contributed by atoms with Crippen LogP contribution < -0.4 is 5.73 Å². The molecule has 116 valence electrons. The number of carbonyl (C=O) groups excluding carboxylic acids is 2. The smallest absolute Gasteiger partial charge is 0.397 e. The molecule has 2 N–H and O–H groups in total. The summed E-state index contributed by atoms with van der Waals surface area (Å²) in [6, 6.07) is 0.583. The van der Waals surface area contributed by atoms with Crippen LogP contribution in [0.2, 0.25) is 0 Å². The molecule has 0 spiro atoms. The van der Waals surface area contributed by atoms with Crippen LogP contribution in [0.15, 0.2) is 12.1 Å². The van der Waals surface area contributed by atoms with E-state index >= 15 is 0 Å². The van der Waals surface area contributed by atoms with Gasteiger partial charge in [0, 0.05) is 6.42 Å². The second kappa shape index (κ2) is 6.61. The third-order valence-electron chi connectivity index (χ3n) is 2.41. The van der Waals surface area contributed by atoms with Gasteiger partial charge in [-0.25, -0.2) is 13.2 Å². The lowest BCUT2D eigenvalue weighted by atomic mass is 10.1. The number of hydrogen-bond donors (Lipinski definition) is 1. The molecule has 0 atom stereocenters. The fraction of sp³-hybridized carbons (Fsp3) is 0.333. The van der Waals surface area contributed by atoms with Crippen molar-refractivity contribution in [3.8, 4) is 0 Å². The van der Waals surface area contributed by atoms with Crippen molar-refractivity contribution >= 4 is 11.8 Å². The van der Waals surface area contributed by atoms with Crippen LogP contribution in [0.1, 0.15) is 18.4 Å². The first-order chi connectivity index (χ1) is 9.69.